The molecule has 0 aliphatic carbocycles. The van der Waals surface area contributed by atoms with Crippen molar-refractivity contribution in [2.45, 2.75) is 13.8 Å². The molecule has 2 aromatic rings. The highest BCUT2D eigenvalue weighted by atomic mass is 16.3. The standard InChI is InChI=1S/C14H16N2O2/c1-3-16(13-7-5-4-6-12(13)15)14(17)11-8-9-18-10(11)2/h4-9H,3,15H2,1-2H3. The Morgan fingerprint density at radius 1 is 1.33 bits per heavy atom. The van der Waals surface area contributed by atoms with Crippen molar-refractivity contribution in [1.82, 2.24) is 0 Å². The van der Waals surface area contributed by atoms with E-state index in [4.69, 9.17) is 10.2 Å². The summed E-state index contributed by atoms with van der Waals surface area (Å²) in [6, 6.07) is 9.02. The van der Waals surface area contributed by atoms with Crippen molar-refractivity contribution in [3.63, 3.8) is 0 Å². The number of nitrogen functional groups attached to an aromatic ring is 1. The summed E-state index contributed by atoms with van der Waals surface area (Å²) >= 11 is 0. The Bertz CT molecular complexity index is 560. The van der Waals surface area contributed by atoms with E-state index in [1.165, 1.54) is 6.26 Å². The fraction of sp³-hybridized carbons (Fsp3) is 0.214. The van der Waals surface area contributed by atoms with Crippen LogP contribution in [0, 0.1) is 6.92 Å². The highest BCUT2D eigenvalue weighted by molar-refractivity contribution is 6.08. The molecule has 1 amide bonds. The minimum absolute atomic E-state index is 0.0957. The third-order valence-electron chi connectivity index (χ3n) is 2.88. The van der Waals surface area contributed by atoms with Crippen LogP contribution in [0.1, 0.15) is 23.0 Å². The van der Waals surface area contributed by atoms with Crippen LogP contribution in [0.5, 0.6) is 0 Å². The molecule has 1 aromatic carbocycles. The number of carbonyl (C=O) groups excluding carboxylic acids is 1. The first-order chi connectivity index (χ1) is 8.65. The first-order valence-electron chi connectivity index (χ1n) is 5.85. The van der Waals surface area contributed by atoms with Crippen molar-refractivity contribution in [2.24, 2.45) is 0 Å². The third kappa shape index (κ3) is 2.09. The van der Waals surface area contributed by atoms with Gasteiger partial charge in [0.05, 0.1) is 23.2 Å². The lowest BCUT2D eigenvalue weighted by atomic mass is 10.2. The molecular formula is C14H16N2O2. The second-order valence-corrected chi connectivity index (χ2v) is 4.00. The van der Waals surface area contributed by atoms with Gasteiger partial charge in [-0.25, -0.2) is 0 Å². The van der Waals surface area contributed by atoms with E-state index in [0.29, 0.717) is 23.6 Å². The Morgan fingerprint density at radius 3 is 2.61 bits per heavy atom. The van der Waals surface area contributed by atoms with E-state index < -0.39 is 0 Å². The van der Waals surface area contributed by atoms with Gasteiger partial charge in [-0.2, -0.15) is 0 Å². The summed E-state index contributed by atoms with van der Waals surface area (Å²) in [6.45, 7) is 4.24. The quantitative estimate of drug-likeness (QED) is 0.844. The van der Waals surface area contributed by atoms with Gasteiger partial charge in [0.25, 0.3) is 5.91 Å². The number of nitrogens with two attached hydrogens (primary N) is 1. The molecule has 0 aliphatic heterocycles. The van der Waals surface area contributed by atoms with Crippen LogP contribution in [0.4, 0.5) is 11.4 Å². The molecule has 0 fully saturated rings. The number of furan rings is 1. The largest absolute Gasteiger partial charge is 0.469 e. The highest BCUT2D eigenvalue weighted by Gasteiger charge is 2.20. The van der Waals surface area contributed by atoms with Crippen LogP contribution in [-0.4, -0.2) is 12.5 Å². The van der Waals surface area contributed by atoms with Crippen molar-refractivity contribution in [1.29, 1.82) is 0 Å². The van der Waals surface area contributed by atoms with Gasteiger partial charge in [0.15, 0.2) is 0 Å². The molecule has 0 aliphatic rings. The van der Waals surface area contributed by atoms with Crippen LogP contribution in [0.3, 0.4) is 0 Å². The number of benzene rings is 1. The average Bonchev–Trinajstić information content (AvgIpc) is 2.78. The van der Waals surface area contributed by atoms with E-state index in [0.717, 1.165) is 5.69 Å². The summed E-state index contributed by atoms with van der Waals surface area (Å²) in [5.41, 5.74) is 7.80. The lowest BCUT2D eigenvalue weighted by Crippen LogP contribution is -2.31. The van der Waals surface area contributed by atoms with Crippen LogP contribution in [-0.2, 0) is 0 Å². The fourth-order valence-electron chi connectivity index (χ4n) is 1.91. The SMILES string of the molecule is CCN(C(=O)c1ccoc1C)c1ccccc1N. The van der Waals surface area contributed by atoms with Gasteiger partial charge in [0.2, 0.25) is 0 Å². The van der Waals surface area contributed by atoms with E-state index >= 15 is 0 Å². The molecule has 0 radical (unpaired) electrons. The Morgan fingerprint density at radius 2 is 2.06 bits per heavy atom. The molecule has 0 saturated carbocycles. The lowest BCUT2D eigenvalue weighted by Gasteiger charge is -2.22. The molecule has 0 unspecified atom stereocenters. The number of aryl methyl sites for hydroxylation is 1. The van der Waals surface area contributed by atoms with Gasteiger partial charge in [0.1, 0.15) is 5.76 Å². The van der Waals surface area contributed by atoms with E-state index in [-0.39, 0.29) is 5.91 Å². The topological polar surface area (TPSA) is 59.5 Å². The summed E-state index contributed by atoms with van der Waals surface area (Å²) in [4.78, 5) is 14.1. The molecule has 2 N–H and O–H groups in total. The number of hydrogen-bond acceptors (Lipinski definition) is 3. The summed E-state index contributed by atoms with van der Waals surface area (Å²) in [5, 5.41) is 0. The number of carbonyl (C=O) groups is 1. The Balaban J connectivity index is 2.39. The van der Waals surface area contributed by atoms with Gasteiger partial charge in [0, 0.05) is 6.54 Å². The van der Waals surface area contributed by atoms with Crippen LogP contribution >= 0.6 is 0 Å². The third-order valence-corrected chi connectivity index (χ3v) is 2.88. The zero-order valence-electron chi connectivity index (χ0n) is 10.5. The number of amides is 1. The molecule has 1 aromatic heterocycles. The predicted molar refractivity (Wildman–Crippen MR) is 71.6 cm³/mol. The number of nitrogens with zero attached hydrogens (tertiary/aromatic N) is 1. The molecule has 94 valence electrons. The maximum atomic E-state index is 12.4. The van der Waals surface area contributed by atoms with Crippen molar-refractivity contribution in [3.05, 3.63) is 47.9 Å². The van der Waals surface area contributed by atoms with Crippen LogP contribution in [0.25, 0.3) is 0 Å². The molecule has 0 atom stereocenters. The molecule has 4 heteroatoms. The lowest BCUT2D eigenvalue weighted by molar-refractivity contribution is 0.0987. The van der Waals surface area contributed by atoms with Gasteiger partial charge in [-0.05, 0) is 32.0 Å². The normalized spacial score (nSPS) is 10.3. The van der Waals surface area contributed by atoms with Crippen molar-refractivity contribution < 1.29 is 9.21 Å². The summed E-state index contributed by atoms with van der Waals surface area (Å²) in [6.07, 6.45) is 1.52. The predicted octanol–water partition coefficient (Wildman–Crippen LogP) is 2.84. The maximum absolute atomic E-state index is 12.4. The van der Waals surface area contributed by atoms with Crippen LogP contribution in [0.2, 0.25) is 0 Å². The van der Waals surface area contributed by atoms with E-state index in [9.17, 15) is 4.79 Å². The Labute approximate surface area is 106 Å². The second kappa shape index (κ2) is 4.96. The van der Waals surface area contributed by atoms with E-state index in [1.807, 2.05) is 25.1 Å². The van der Waals surface area contributed by atoms with E-state index in [1.54, 1.807) is 24.0 Å². The fourth-order valence-corrected chi connectivity index (χ4v) is 1.91. The van der Waals surface area contributed by atoms with Gasteiger partial charge in [-0.3, -0.25) is 4.79 Å². The molecule has 1 heterocycles. The van der Waals surface area contributed by atoms with Crippen LogP contribution in [0.15, 0.2) is 41.0 Å². The van der Waals surface area contributed by atoms with Crippen molar-refractivity contribution in [2.75, 3.05) is 17.2 Å². The van der Waals surface area contributed by atoms with Gasteiger partial charge in [-0.15, -0.1) is 0 Å². The molecule has 0 spiro atoms. The number of rotatable bonds is 3. The zero-order valence-corrected chi connectivity index (χ0v) is 10.5. The molecule has 4 nitrogen and oxygen atoms in total. The van der Waals surface area contributed by atoms with Gasteiger partial charge in [-0.1, -0.05) is 12.1 Å². The van der Waals surface area contributed by atoms with Gasteiger partial charge < -0.3 is 15.1 Å². The maximum Gasteiger partial charge on any atom is 0.261 e. The Hall–Kier alpha value is -2.23. The summed E-state index contributed by atoms with van der Waals surface area (Å²) < 4.78 is 5.17. The summed E-state index contributed by atoms with van der Waals surface area (Å²) in [7, 11) is 0. The number of anilines is 2. The average molecular weight is 244 g/mol. The van der Waals surface area contributed by atoms with Gasteiger partial charge >= 0.3 is 0 Å². The molecule has 18 heavy (non-hydrogen) atoms. The first kappa shape index (κ1) is 12.2. The van der Waals surface area contributed by atoms with Crippen LogP contribution < -0.4 is 10.6 Å². The van der Waals surface area contributed by atoms with Crippen molar-refractivity contribution in [3.8, 4) is 0 Å². The molecular weight excluding hydrogens is 228 g/mol. The minimum atomic E-state index is -0.0957. The summed E-state index contributed by atoms with van der Waals surface area (Å²) in [5.74, 6) is 0.523. The number of para-hydroxylation sites is 2. The monoisotopic (exact) mass is 244 g/mol. The zero-order chi connectivity index (χ0) is 13.1. The highest BCUT2D eigenvalue weighted by Crippen LogP contribution is 2.25. The van der Waals surface area contributed by atoms with E-state index in [2.05, 4.69) is 0 Å². The Kier molecular flexibility index (Phi) is 3.37. The number of hydrogen-bond donors (Lipinski definition) is 1. The molecule has 0 saturated heterocycles. The molecule has 2 rings (SSSR count). The first-order valence-corrected chi connectivity index (χ1v) is 5.85. The smallest absolute Gasteiger partial charge is 0.261 e. The second-order valence-electron chi connectivity index (χ2n) is 4.00. The molecule has 0 bridgehead atoms. The minimum Gasteiger partial charge on any atom is -0.469 e. The van der Waals surface area contributed by atoms with Crippen molar-refractivity contribution >= 4 is 17.3 Å².